The van der Waals surface area contributed by atoms with E-state index in [9.17, 15) is 9.59 Å². The molecule has 0 aromatic carbocycles. The highest BCUT2D eigenvalue weighted by Gasteiger charge is 2.19. The van der Waals surface area contributed by atoms with Gasteiger partial charge in [-0.15, -0.1) is 16.4 Å². The van der Waals surface area contributed by atoms with E-state index >= 15 is 0 Å². The zero-order valence-corrected chi connectivity index (χ0v) is 14.4. The summed E-state index contributed by atoms with van der Waals surface area (Å²) in [6.07, 6.45) is 1.67. The number of thiophene rings is 1. The summed E-state index contributed by atoms with van der Waals surface area (Å²) in [5.74, 6) is -0.284. The van der Waals surface area contributed by atoms with Gasteiger partial charge in [-0.3, -0.25) is 9.59 Å². The third-order valence-corrected chi connectivity index (χ3v) is 5.05. The molecule has 3 rings (SSSR count). The van der Waals surface area contributed by atoms with Crippen molar-refractivity contribution < 1.29 is 4.79 Å². The third kappa shape index (κ3) is 2.76. The van der Waals surface area contributed by atoms with Gasteiger partial charge in [0.15, 0.2) is 0 Å². The lowest BCUT2D eigenvalue weighted by atomic mass is 10.1. The van der Waals surface area contributed by atoms with Gasteiger partial charge in [0.1, 0.15) is 9.71 Å². The van der Waals surface area contributed by atoms with E-state index in [2.05, 4.69) is 15.5 Å². The van der Waals surface area contributed by atoms with Gasteiger partial charge < -0.3 is 15.6 Å². The highest BCUT2D eigenvalue weighted by molar-refractivity contribution is 7.21. The first-order valence-corrected chi connectivity index (χ1v) is 8.15. The van der Waals surface area contributed by atoms with Crippen LogP contribution >= 0.6 is 11.3 Å². The van der Waals surface area contributed by atoms with Gasteiger partial charge in [0.25, 0.3) is 11.5 Å². The molecule has 0 radical (unpaired) electrons. The van der Waals surface area contributed by atoms with E-state index in [0.29, 0.717) is 15.4 Å². The number of nitrogen functional groups attached to an aromatic ring is 1. The summed E-state index contributed by atoms with van der Waals surface area (Å²) in [7, 11) is 1.67. The molecule has 0 saturated heterocycles. The minimum atomic E-state index is -0.284. The number of carbonyl (C=O) groups excluding carboxylic acids is 1. The van der Waals surface area contributed by atoms with Crippen molar-refractivity contribution in [2.24, 2.45) is 7.05 Å². The van der Waals surface area contributed by atoms with Gasteiger partial charge in [0, 0.05) is 31.2 Å². The maximum absolute atomic E-state index is 12.4. The van der Waals surface area contributed by atoms with Gasteiger partial charge >= 0.3 is 0 Å². The number of nitrogens with two attached hydrogens (primary N) is 1. The van der Waals surface area contributed by atoms with Crippen LogP contribution in [-0.2, 0) is 13.6 Å². The van der Waals surface area contributed by atoms with Gasteiger partial charge in [0.05, 0.1) is 11.4 Å². The number of fused-ring (bicyclic) bond motifs is 1. The SMILES string of the molecule is Cc1nnc2sc(C(=O)NCc3ccn(C)c(=O)c3)c(N)c2c1C. The van der Waals surface area contributed by atoms with Gasteiger partial charge in [-0.1, -0.05) is 0 Å². The van der Waals surface area contributed by atoms with E-state index in [-0.39, 0.29) is 18.0 Å². The van der Waals surface area contributed by atoms with E-state index in [4.69, 9.17) is 5.73 Å². The Kier molecular flexibility index (Phi) is 4.06. The standard InChI is InChI=1S/C16H17N5O2S/c1-8-9(2)19-20-16-12(8)13(17)14(24-16)15(23)18-7-10-4-5-21(3)11(22)6-10/h4-6H,7,17H2,1-3H3,(H,18,23). The number of aromatic nitrogens is 3. The Morgan fingerprint density at radius 1 is 1.38 bits per heavy atom. The number of rotatable bonds is 3. The summed E-state index contributed by atoms with van der Waals surface area (Å²) >= 11 is 1.22. The van der Waals surface area contributed by atoms with Crippen molar-refractivity contribution in [3.63, 3.8) is 0 Å². The van der Waals surface area contributed by atoms with Gasteiger partial charge in [-0.2, -0.15) is 5.10 Å². The van der Waals surface area contributed by atoms with Crippen LogP contribution in [0.25, 0.3) is 10.2 Å². The number of amides is 1. The molecule has 3 aromatic rings. The van der Waals surface area contributed by atoms with Crippen LogP contribution in [0.3, 0.4) is 0 Å². The number of aryl methyl sites for hydroxylation is 3. The summed E-state index contributed by atoms with van der Waals surface area (Å²) in [6.45, 7) is 4.03. The van der Waals surface area contributed by atoms with E-state index in [1.54, 1.807) is 19.3 Å². The van der Waals surface area contributed by atoms with Crippen molar-refractivity contribution in [2.75, 3.05) is 5.73 Å². The molecule has 124 valence electrons. The Morgan fingerprint density at radius 2 is 2.12 bits per heavy atom. The zero-order valence-electron chi connectivity index (χ0n) is 13.6. The highest BCUT2D eigenvalue weighted by Crippen LogP contribution is 2.34. The molecule has 24 heavy (non-hydrogen) atoms. The average molecular weight is 343 g/mol. The second-order valence-corrected chi connectivity index (χ2v) is 6.60. The average Bonchev–Trinajstić information content (AvgIpc) is 2.89. The van der Waals surface area contributed by atoms with Crippen molar-refractivity contribution in [1.82, 2.24) is 20.1 Å². The Labute approximate surface area is 142 Å². The Balaban J connectivity index is 1.86. The highest BCUT2D eigenvalue weighted by atomic mass is 32.1. The number of carbonyl (C=O) groups is 1. The Bertz CT molecular complexity index is 1010. The van der Waals surface area contributed by atoms with Crippen LogP contribution in [0.4, 0.5) is 5.69 Å². The molecule has 0 unspecified atom stereocenters. The predicted molar refractivity (Wildman–Crippen MR) is 94.2 cm³/mol. The summed E-state index contributed by atoms with van der Waals surface area (Å²) < 4.78 is 1.47. The smallest absolute Gasteiger partial charge is 0.263 e. The van der Waals surface area contributed by atoms with Crippen LogP contribution in [-0.4, -0.2) is 20.7 Å². The molecule has 3 N–H and O–H groups in total. The minimum Gasteiger partial charge on any atom is -0.397 e. The number of hydrogen-bond acceptors (Lipinski definition) is 6. The molecule has 0 aliphatic rings. The Hall–Kier alpha value is -2.74. The normalized spacial score (nSPS) is 11.0. The maximum Gasteiger partial charge on any atom is 0.263 e. The monoisotopic (exact) mass is 343 g/mol. The zero-order chi connectivity index (χ0) is 17.4. The van der Waals surface area contributed by atoms with E-state index < -0.39 is 0 Å². The van der Waals surface area contributed by atoms with Gasteiger partial charge in [-0.25, -0.2) is 0 Å². The van der Waals surface area contributed by atoms with Crippen LogP contribution < -0.4 is 16.6 Å². The molecule has 0 bridgehead atoms. The largest absolute Gasteiger partial charge is 0.397 e. The second kappa shape index (κ2) is 6.04. The quantitative estimate of drug-likeness (QED) is 0.750. The maximum atomic E-state index is 12.4. The fourth-order valence-electron chi connectivity index (χ4n) is 2.37. The van der Waals surface area contributed by atoms with Crippen molar-refractivity contribution in [3.8, 4) is 0 Å². The molecule has 7 nitrogen and oxygen atoms in total. The van der Waals surface area contributed by atoms with Crippen LogP contribution in [0.15, 0.2) is 23.1 Å². The predicted octanol–water partition coefficient (Wildman–Crippen LogP) is 1.52. The van der Waals surface area contributed by atoms with Crippen LogP contribution in [0, 0.1) is 13.8 Å². The topological polar surface area (TPSA) is 103 Å². The summed E-state index contributed by atoms with van der Waals surface area (Å²) in [4.78, 5) is 25.1. The molecule has 0 fully saturated rings. The number of pyridine rings is 1. The molecular weight excluding hydrogens is 326 g/mol. The number of anilines is 1. The van der Waals surface area contributed by atoms with Gasteiger partial charge in [0.2, 0.25) is 0 Å². The van der Waals surface area contributed by atoms with Gasteiger partial charge in [-0.05, 0) is 31.0 Å². The summed E-state index contributed by atoms with van der Waals surface area (Å²) in [5.41, 5.74) is 8.91. The molecular formula is C16H17N5O2S. The molecule has 3 heterocycles. The summed E-state index contributed by atoms with van der Waals surface area (Å²) in [5, 5.41) is 11.8. The van der Waals surface area contributed by atoms with E-state index in [1.807, 2.05) is 13.8 Å². The van der Waals surface area contributed by atoms with Crippen LogP contribution in [0.1, 0.15) is 26.5 Å². The fraction of sp³-hybridized carbons (Fsp3) is 0.250. The molecule has 0 atom stereocenters. The number of nitrogens with one attached hydrogen (secondary N) is 1. The van der Waals surface area contributed by atoms with E-state index in [1.165, 1.54) is 22.0 Å². The Morgan fingerprint density at radius 3 is 2.83 bits per heavy atom. The molecule has 0 spiro atoms. The first-order valence-electron chi connectivity index (χ1n) is 7.34. The minimum absolute atomic E-state index is 0.121. The molecule has 0 aliphatic carbocycles. The van der Waals surface area contributed by atoms with Crippen molar-refractivity contribution in [2.45, 2.75) is 20.4 Å². The fourth-order valence-corrected chi connectivity index (χ4v) is 3.39. The molecule has 3 aromatic heterocycles. The first kappa shape index (κ1) is 16.1. The summed E-state index contributed by atoms with van der Waals surface area (Å²) in [6, 6.07) is 3.28. The number of hydrogen-bond donors (Lipinski definition) is 2. The lowest BCUT2D eigenvalue weighted by Crippen LogP contribution is -2.24. The van der Waals surface area contributed by atoms with Crippen LogP contribution in [0.2, 0.25) is 0 Å². The van der Waals surface area contributed by atoms with Crippen LogP contribution in [0.5, 0.6) is 0 Å². The number of nitrogens with zero attached hydrogens (tertiary/aromatic N) is 3. The lowest BCUT2D eigenvalue weighted by molar-refractivity contribution is 0.0956. The second-order valence-electron chi connectivity index (χ2n) is 5.60. The van der Waals surface area contributed by atoms with Crippen molar-refractivity contribution in [1.29, 1.82) is 0 Å². The molecule has 8 heteroatoms. The molecule has 0 saturated carbocycles. The lowest BCUT2D eigenvalue weighted by Gasteiger charge is -2.05. The van der Waals surface area contributed by atoms with Crippen molar-refractivity contribution in [3.05, 3.63) is 50.4 Å². The first-order chi connectivity index (χ1) is 11.4. The van der Waals surface area contributed by atoms with E-state index in [0.717, 1.165) is 22.2 Å². The van der Waals surface area contributed by atoms with Crippen molar-refractivity contribution >= 4 is 33.1 Å². The third-order valence-electron chi connectivity index (χ3n) is 3.96. The molecule has 1 amide bonds. The molecule has 0 aliphatic heterocycles.